The van der Waals surface area contributed by atoms with E-state index in [1.165, 1.54) is 18.2 Å². The monoisotopic (exact) mass is 311 g/mol. The zero-order valence-corrected chi connectivity index (χ0v) is 12.3. The number of nitro groups is 1. The molecule has 0 aliphatic carbocycles. The Morgan fingerprint density at radius 2 is 2.04 bits per heavy atom. The number of hydrogen-bond acceptors (Lipinski definition) is 5. The summed E-state index contributed by atoms with van der Waals surface area (Å²) in [6, 6.07) is 11.0. The van der Waals surface area contributed by atoms with Gasteiger partial charge in [-0.15, -0.1) is 0 Å². The van der Waals surface area contributed by atoms with E-state index in [0.29, 0.717) is 23.6 Å². The number of rotatable bonds is 5. The van der Waals surface area contributed by atoms with Crippen LogP contribution in [-0.2, 0) is 4.79 Å². The van der Waals surface area contributed by atoms with E-state index < -0.39 is 10.8 Å². The molecule has 0 spiro atoms. The Morgan fingerprint density at radius 3 is 2.61 bits per heavy atom. The average molecular weight is 311 g/mol. The molecule has 7 nitrogen and oxygen atoms in total. The van der Waals surface area contributed by atoms with Crippen LogP contribution in [0.25, 0.3) is 17.4 Å². The standard InChI is InChI=1S/C16H13N3O4/c1-2-18-16(20)12(10-17)9-14-7-8-15(23-14)11-3-5-13(6-4-11)19(21)22/h3-9H,2H2,1H3,(H,18,20)/b12-9-. The first-order valence-corrected chi connectivity index (χ1v) is 6.79. The molecule has 2 aromatic rings. The maximum Gasteiger partial charge on any atom is 0.269 e. The van der Waals surface area contributed by atoms with E-state index in [0.717, 1.165) is 0 Å². The summed E-state index contributed by atoms with van der Waals surface area (Å²) >= 11 is 0. The van der Waals surface area contributed by atoms with Crippen LogP contribution in [0.5, 0.6) is 0 Å². The van der Waals surface area contributed by atoms with Gasteiger partial charge in [-0.1, -0.05) is 0 Å². The lowest BCUT2D eigenvalue weighted by Gasteiger charge is -1.99. The summed E-state index contributed by atoms with van der Waals surface area (Å²) in [7, 11) is 0. The van der Waals surface area contributed by atoms with E-state index in [1.807, 2.05) is 6.07 Å². The van der Waals surface area contributed by atoms with Gasteiger partial charge in [-0.3, -0.25) is 14.9 Å². The third-order valence-electron chi connectivity index (χ3n) is 2.98. The third kappa shape index (κ3) is 3.83. The van der Waals surface area contributed by atoms with Gasteiger partial charge in [0.1, 0.15) is 23.2 Å². The van der Waals surface area contributed by atoms with Crippen LogP contribution in [-0.4, -0.2) is 17.4 Å². The Morgan fingerprint density at radius 1 is 1.35 bits per heavy atom. The minimum atomic E-state index is -0.481. The van der Waals surface area contributed by atoms with Crippen LogP contribution in [0.15, 0.2) is 46.4 Å². The lowest BCUT2D eigenvalue weighted by molar-refractivity contribution is -0.384. The molecule has 0 unspecified atom stereocenters. The number of non-ortho nitro benzene ring substituents is 1. The third-order valence-corrected chi connectivity index (χ3v) is 2.98. The molecule has 1 heterocycles. The van der Waals surface area contributed by atoms with Crippen LogP contribution >= 0.6 is 0 Å². The average Bonchev–Trinajstić information content (AvgIpc) is 3.01. The van der Waals surface area contributed by atoms with Crippen LogP contribution in [0.4, 0.5) is 5.69 Å². The number of furan rings is 1. The van der Waals surface area contributed by atoms with Crippen LogP contribution < -0.4 is 5.32 Å². The van der Waals surface area contributed by atoms with Gasteiger partial charge in [-0.2, -0.15) is 5.26 Å². The van der Waals surface area contributed by atoms with Gasteiger partial charge in [0, 0.05) is 30.3 Å². The topological polar surface area (TPSA) is 109 Å². The van der Waals surface area contributed by atoms with Crippen molar-refractivity contribution in [2.24, 2.45) is 0 Å². The highest BCUT2D eigenvalue weighted by molar-refractivity contribution is 6.01. The number of carbonyl (C=O) groups is 1. The van der Waals surface area contributed by atoms with Crippen molar-refractivity contribution in [3.63, 3.8) is 0 Å². The lowest BCUT2D eigenvalue weighted by atomic mass is 10.1. The van der Waals surface area contributed by atoms with Gasteiger partial charge in [0.05, 0.1) is 4.92 Å². The lowest BCUT2D eigenvalue weighted by Crippen LogP contribution is -2.23. The highest BCUT2D eigenvalue weighted by atomic mass is 16.6. The zero-order valence-electron chi connectivity index (χ0n) is 12.3. The predicted octanol–water partition coefficient (Wildman–Crippen LogP) is 2.90. The summed E-state index contributed by atoms with van der Waals surface area (Å²) in [5.41, 5.74) is 0.589. The molecule has 116 valence electrons. The predicted molar refractivity (Wildman–Crippen MR) is 83.1 cm³/mol. The fraction of sp³-hybridized carbons (Fsp3) is 0.125. The fourth-order valence-corrected chi connectivity index (χ4v) is 1.88. The van der Waals surface area contributed by atoms with Gasteiger partial charge in [0.15, 0.2) is 0 Å². The molecule has 1 amide bonds. The van der Waals surface area contributed by atoms with Gasteiger partial charge in [-0.05, 0) is 31.2 Å². The van der Waals surface area contributed by atoms with E-state index >= 15 is 0 Å². The number of hydrogen-bond donors (Lipinski definition) is 1. The van der Waals surface area contributed by atoms with Crippen molar-refractivity contribution in [2.75, 3.05) is 6.54 Å². The Bertz CT molecular complexity index is 797. The van der Waals surface area contributed by atoms with E-state index in [9.17, 15) is 14.9 Å². The maximum absolute atomic E-state index is 11.6. The van der Waals surface area contributed by atoms with Crippen molar-refractivity contribution in [2.45, 2.75) is 6.92 Å². The molecule has 0 atom stereocenters. The number of amides is 1. The zero-order chi connectivity index (χ0) is 16.8. The van der Waals surface area contributed by atoms with Gasteiger partial charge in [0.2, 0.25) is 0 Å². The second-order valence-corrected chi connectivity index (χ2v) is 4.54. The smallest absolute Gasteiger partial charge is 0.269 e. The van der Waals surface area contributed by atoms with E-state index in [1.54, 1.807) is 31.2 Å². The molecule has 2 rings (SSSR count). The first-order valence-electron chi connectivity index (χ1n) is 6.79. The molecule has 23 heavy (non-hydrogen) atoms. The van der Waals surface area contributed by atoms with Crippen molar-refractivity contribution < 1.29 is 14.1 Å². The summed E-state index contributed by atoms with van der Waals surface area (Å²) in [6.45, 7) is 2.18. The summed E-state index contributed by atoms with van der Waals surface area (Å²) in [4.78, 5) is 21.8. The minimum absolute atomic E-state index is 0.0107. The van der Waals surface area contributed by atoms with Gasteiger partial charge in [0.25, 0.3) is 11.6 Å². The molecule has 0 saturated heterocycles. The number of nitrogens with zero attached hydrogens (tertiary/aromatic N) is 2. The van der Waals surface area contributed by atoms with E-state index in [4.69, 9.17) is 9.68 Å². The first-order chi connectivity index (χ1) is 11.0. The van der Waals surface area contributed by atoms with Gasteiger partial charge in [-0.25, -0.2) is 0 Å². The quantitative estimate of drug-likeness (QED) is 0.395. The van der Waals surface area contributed by atoms with Crippen molar-refractivity contribution >= 4 is 17.7 Å². The number of likely N-dealkylation sites (N-methyl/N-ethyl adjacent to an activating group) is 1. The van der Waals surface area contributed by atoms with Crippen LogP contribution in [0.3, 0.4) is 0 Å². The van der Waals surface area contributed by atoms with Crippen molar-refractivity contribution in [1.82, 2.24) is 5.32 Å². The van der Waals surface area contributed by atoms with E-state index in [2.05, 4.69) is 5.32 Å². The number of carbonyl (C=O) groups excluding carboxylic acids is 1. The summed E-state index contributed by atoms with van der Waals surface area (Å²) in [6.07, 6.45) is 1.35. The SMILES string of the molecule is CCNC(=O)/C(C#N)=C\c1ccc(-c2ccc([N+](=O)[O-])cc2)o1. The molecule has 0 radical (unpaired) electrons. The fourth-order valence-electron chi connectivity index (χ4n) is 1.88. The molecule has 1 aromatic carbocycles. The molecule has 1 aromatic heterocycles. The highest BCUT2D eigenvalue weighted by Gasteiger charge is 2.11. The van der Waals surface area contributed by atoms with Crippen molar-refractivity contribution in [3.05, 3.63) is 57.8 Å². The molecule has 7 heteroatoms. The molecule has 0 aliphatic rings. The van der Waals surface area contributed by atoms with Crippen molar-refractivity contribution in [1.29, 1.82) is 5.26 Å². The molecular weight excluding hydrogens is 298 g/mol. The Hall–Kier alpha value is -3.40. The number of nitro benzene ring substituents is 1. The second-order valence-electron chi connectivity index (χ2n) is 4.54. The van der Waals surface area contributed by atoms with Crippen molar-refractivity contribution in [3.8, 4) is 17.4 Å². The Labute approximate surface area is 132 Å². The molecule has 0 saturated carbocycles. The second kappa shape index (κ2) is 7.04. The van der Waals surface area contributed by atoms with Crippen LogP contribution in [0, 0.1) is 21.4 Å². The molecule has 0 aliphatic heterocycles. The molecular formula is C16H13N3O4. The molecule has 1 N–H and O–H groups in total. The largest absolute Gasteiger partial charge is 0.457 e. The number of benzene rings is 1. The summed E-state index contributed by atoms with van der Waals surface area (Å²) in [5, 5.41) is 22.2. The molecule has 0 fully saturated rings. The van der Waals surface area contributed by atoms with Crippen LogP contribution in [0.2, 0.25) is 0 Å². The van der Waals surface area contributed by atoms with Crippen LogP contribution in [0.1, 0.15) is 12.7 Å². The first kappa shape index (κ1) is 16.0. The molecule has 0 bridgehead atoms. The summed E-state index contributed by atoms with van der Waals surface area (Å²) in [5.74, 6) is 0.365. The highest BCUT2D eigenvalue weighted by Crippen LogP contribution is 2.25. The summed E-state index contributed by atoms with van der Waals surface area (Å²) < 4.78 is 5.55. The minimum Gasteiger partial charge on any atom is -0.457 e. The number of nitriles is 1. The maximum atomic E-state index is 11.6. The van der Waals surface area contributed by atoms with Gasteiger partial charge >= 0.3 is 0 Å². The Kier molecular flexibility index (Phi) is 4.89. The Balaban J connectivity index is 2.25. The normalized spacial score (nSPS) is 10.9. The van der Waals surface area contributed by atoms with Gasteiger partial charge < -0.3 is 9.73 Å². The number of nitrogens with one attached hydrogen (secondary N) is 1. The van der Waals surface area contributed by atoms with E-state index in [-0.39, 0.29) is 11.3 Å².